The molecule has 0 amide bonds. The lowest BCUT2D eigenvalue weighted by Crippen LogP contribution is -2.36. The lowest BCUT2D eigenvalue weighted by Gasteiger charge is -2.28. The fourth-order valence-corrected chi connectivity index (χ4v) is 4.56. The van der Waals surface area contributed by atoms with E-state index in [2.05, 4.69) is 40.5 Å². The Kier molecular flexibility index (Phi) is 5.75. The largest absolute Gasteiger partial charge is 0.378 e. The molecule has 0 saturated carbocycles. The topological polar surface area (TPSA) is 138 Å². The lowest BCUT2D eigenvalue weighted by atomic mass is 10.3. The highest BCUT2D eigenvalue weighted by atomic mass is 32.2. The van der Waals surface area contributed by atoms with E-state index in [-0.39, 0.29) is 10.7 Å². The highest BCUT2D eigenvalue weighted by Gasteiger charge is 2.17. The first-order valence-electron chi connectivity index (χ1n) is 10.7. The summed E-state index contributed by atoms with van der Waals surface area (Å²) in [5.41, 5.74) is 2.72. The van der Waals surface area contributed by atoms with Crippen LogP contribution in [0.25, 0.3) is 11.2 Å². The summed E-state index contributed by atoms with van der Waals surface area (Å²) in [5.74, 6) is 2.04. The molecule has 4 aromatic rings. The van der Waals surface area contributed by atoms with Crippen LogP contribution in [-0.4, -0.2) is 65.9 Å². The number of rotatable bonds is 6. The Morgan fingerprint density at radius 2 is 1.88 bits per heavy atom. The summed E-state index contributed by atoms with van der Waals surface area (Å²) in [6.45, 7) is 4.92. The van der Waals surface area contributed by atoms with E-state index in [0.717, 1.165) is 25.0 Å². The molecule has 0 aliphatic carbocycles. The van der Waals surface area contributed by atoms with Crippen molar-refractivity contribution in [3.8, 4) is 0 Å². The van der Waals surface area contributed by atoms with Crippen LogP contribution in [0.1, 0.15) is 5.82 Å². The molecule has 4 aromatic heterocycles. The van der Waals surface area contributed by atoms with Gasteiger partial charge < -0.3 is 25.3 Å². The molecule has 0 radical (unpaired) electrons. The number of ether oxygens (including phenoxy) is 1. The van der Waals surface area contributed by atoms with Gasteiger partial charge in [0.25, 0.3) is 0 Å². The van der Waals surface area contributed by atoms with Crippen molar-refractivity contribution < 1.29 is 13.2 Å². The summed E-state index contributed by atoms with van der Waals surface area (Å²) >= 11 is 0. The minimum atomic E-state index is -3.48. The molecule has 0 unspecified atom stereocenters. The molecule has 3 N–H and O–H groups in total. The average molecular weight is 481 g/mol. The standard InChI is InChI=1S/C22H24N8O3S/c1-14-25-20-16(27-21-17(34(2,31)32)4-3-7-23-21)12-19(29-22(20)26-14)28-18-6-5-15(13-24-18)30-8-10-33-11-9-30/h3-7,12-13H,8-11H2,1-2H3,(H3,23,24,25,26,27,28,29). The SMILES string of the molecule is Cc1nc2c(Nc3ncccc3S(C)(=O)=O)cc(Nc3ccc(N4CCOCC4)cn3)nc2[nH]1. The van der Waals surface area contributed by atoms with Crippen LogP contribution < -0.4 is 15.5 Å². The third-order valence-corrected chi connectivity index (χ3v) is 6.50. The van der Waals surface area contributed by atoms with Crippen LogP contribution in [0.5, 0.6) is 0 Å². The maximum atomic E-state index is 12.2. The monoisotopic (exact) mass is 480 g/mol. The van der Waals surface area contributed by atoms with Crippen molar-refractivity contribution in [2.24, 2.45) is 0 Å². The normalized spacial score (nSPS) is 14.4. The van der Waals surface area contributed by atoms with Crippen molar-refractivity contribution in [2.75, 3.05) is 48.1 Å². The van der Waals surface area contributed by atoms with E-state index in [1.165, 1.54) is 12.3 Å². The predicted molar refractivity (Wildman–Crippen MR) is 130 cm³/mol. The van der Waals surface area contributed by atoms with E-state index in [1.54, 1.807) is 12.1 Å². The summed E-state index contributed by atoms with van der Waals surface area (Å²) in [4.78, 5) is 23.3. The molecule has 1 saturated heterocycles. The number of anilines is 5. The Labute approximate surface area is 196 Å². The molecule has 0 aromatic carbocycles. The summed E-state index contributed by atoms with van der Waals surface area (Å²) in [6.07, 6.45) is 4.50. The van der Waals surface area contributed by atoms with Crippen LogP contribution in [0.2, 0.25) is 0 Å². The Hall–Kier alpha value is -3.77. The van der Waals surface area contributed by atoms with Gasteiger partial charge in [-0.05, 0) is 31.2 Å². The number of aromatic amines is 1. The fraction of sp³-hybridized carbons (Fsp3) is 0.273. The number of nitrogens with zero attached hydrogens (tertiary/aromatic N) is 5. The van der Waals surface area contributed by atoms with E-state index in [9.17, 15) is 8.42 Å². The summed E-state index contributed by atoms with van der Waals surface area (Å²) in [7, 11) is -3.48. The van der Waals surface area contributed by atoms with Gasteiger partial charge in [-0.25, -0.2) is 28.4 Å². The number of hydrogen-bond acceptors (Lipinski definition) is 10. The Bertz CT molecular complexity index is 1430. The van der Waals surface area contributed by atoms with E-state index in [4.69, 9.17) is 4.74 Å². The van der Waals surface area contributed by atoms with Gasteiger partial charge in [0.05, 0.1) is 30.8 Å². The fourth-order valence-electron chi connectivity index (χ4n) is 3.78. The first-order chi connectivity index (χ1) is 16.4. The third kappa shape index (κ3) is 4.63. The van der Waals surface area contributed by atoms with Crippen LogP contribution in [0.3, 0.4) is 0 Å². The van der Waals surface area contributed by atoms with E-state index in [1.807, 2.05) is 25.3 Å². The van der Waals surface area contributed by atoms with Crippen LogP contribution in [-0.2, 0) is 14.6 Å². The first kappa shape index (κ1) is 22.0. The molecule has 1 aliphatic rings. The van der Waals surface area contributed by atoms with Gasteiger partial charge in [-0.1, -0.05) is 0 Å². The second-order valence-electron chi connectivity index (χ2n) is 7.95. The van der Waals surface area contributed by atoms with E-state index in [0.29, 0.717) is 47.5 Å². The molecule has 176 valence electrons. The molecule has 12 heteroatoms. The number of pyridine rings is 3. The van der Waals surface area contributed by atoms with Crippen LogP contribution in [0.15, 0.2) is 47.6 Å². The van der Waals surface area contributed by atoms with Crippen molar-refractivity contribution in [3.05, 3.63) is 48.5 Å². The zero-order valence-electron chi connectivity index (χ0n) is 18.7. The van der Waals surface area contributed by atoms with Crippen molar-refractivity contribution in [1.82, 2.24) is 24.9 Å². The number of aromatic nitrogens is 5. The van der Waals surface area contributed by atoms with Gasteiger partial charge in [-0.3, -0.25) is 0 Å². The zero-order valence-corrected chi connectivity index (χ0v) is 19.6. The number of aryl methyl sites for hydroxylation is 1. The predicted octanol–water partition coefficient (Wildman–Crippen LogP) is 2.78. The molecule has 1 fully saturated rings. The minimum Gasteiger partial charge on any atom is -0.378 e. The van der Waals surface area contributed by atoms with E-state index < -0.39 is 9.84 Å². The lowest BCUT2D eigenvalue weighted by molar-refractivity contribution is 0.122. The van der Waals surface area contributed by atoms with Gasteiger partial charge in [0.2, 0.25) is 0 Å². The number of morpholine rings is 1. The molecule has 0 bridgehead atoms. The van der Waals surface area contributed by atoms with Gasteiger partial charge >= 0.3 is 0 Å². The van der Waals surface area contributed by atoms with Crippen molar-refractivity contribution >= 4 is 49.8 Å². The van der Waals surface area contributed by atoms with Gasteiger partial charge in [0, 0.05) is 31.6 Å². The molecule has 0 atom stereocenters. The van der Waals surface area contributed by atoms with Crippen molar-refractivity contribution in [3.63, 3.8) is 0 Å². The molecule has 0 spiro atoms. The summed E-state index contributed by atoms with van der Waals surface area (Å²) in [6, 6.07) is 8.74. The Balaban J connectivity index is 1.46. The molecule has 11 nitrogen and oxygen atoms in total. The molecule has 5 rings (SSSR count). The molecule has 1 aliphatic heterocycles. The second kappa shape index (κ2) is 8.88. The summed E-state index contributed by atoms with van der Waals surface area (Å²) in [5, 5.41) is 6.34. The Morgan fingerprint density at radius 3 is 2.62 bits per heavy atom. The molecular weight excluding hydrogens is 456 g/mol. The smallest absolute Gasteiger partial charge is 0.179 e. The second-order valence-corrected chi connectivity index (χ2v) is 9.93. The zero-order chi connectivity index (χ0) is 23.7. The average Bonchev–Trinajstić information content (AvgIpc) is 3.20. The maximum absolute atomic E-state index is 12.2. The molecule has 5 heterocycles. The van der Waals surface area contributed by atoms with Gasteiger partial charge in [-0.15, -0.1) is 0 Å². The molecule has 34 heavy (non-hydrogen) atoms. The maximum Gasteiger partial charge on any atom is 0.179 e. The number of imidazole rings is 1. The van der Waals surface area contributed by atoms with Crippen molar-refractivity contribution in [2.45, 2.75) is 11.8 Å². The highest BCUT2D eigenvalue weighted by molar-refractivity contribution is 7.90. The number of nitrogens with one attached hydrogen (secondary N) is 3. The third-order valence-electron chi connectivity index (χ3n) is 5.38. The highest BCUT2D eigenvalue weighted by Crippen LogP contribution is 2.30. The molecular formula is C22H24N8O3S. The summed E-state index contributed by atoms with van der Waals surface area (Å²) < 4.78 is 29.8. The van der Waals surface area contributed by atoms with Crippen LogP contribution >= 0.6 is 0 Å². The number of hydrogen-bond donors (Lipinski definition) is 3. The Morgan fingerprint density at radius 1 is 1.06 bits per heavy atom. The van der Waals surface area contributed by atoms with Gasteiger partial charge in [-0.2, -0.15) is 0 Å². The van der Waals surface area contributed by atoms with E-state index >= 15 is 0 Å². The minimum absolute atomic E-state index is 0.0992. The van der Waals surface area contributed by atoms with Crippen molar-refractivity contribution in [1.29, 1.82) is 0 Å². The number of fused-ring (bicyclic) bond motifs is 1. The van der Waals surface area contributed by atoms with Crippen LogP contribution in [0, 0.1) is 6.92 Å². The van der Waals surface area contributed by atoms with Gasteiger partial charge in [0.1, 0.15) is 33.7 Å². The number of H-pyrrole nitrogens is 1. The van der Waals surface area contributed by atoms with Crippen LogP contribution in [0.4, 0.5) is 28.8 Å². The van der Waals surface area contributed by atoms with Gasteiger partial charge in [0.15, 0.2) is 15.5 Å². The number of sulfone groups is 1. The quantitative estimate of drug-likeness (QED) is 0.378. The first-order valence-corrected chi connectivity index (χ1v) is 12.6.